The average molecular weight is 1450 g/mol. The molecular weight excluding hydrogens is 1370 g/mol. The Morgan fingerprint density at radius 1 is 0.845 bits per heavy atom. The number of hydrogen-bond acceptors (Lipinski definition) is 19. The molecule has 103 heavy (non-hydrogen) atoms. The van der Waals surface area contributed by atoms with Gasteiger partial charge in [0.1, 0.15) is 24.5 Å². The SMILES string of the molecule is Cc1c(-c2ccc(N3CCc4cccc(C(=O)Nc5nc6ncccc6s5)c4C3)nc2C(=O)O)cnn1CC12CC3(C)CC(C)(C1)CC(OCCN(CCS(=O)(=O)O)C(=O)OCc1ccc(N(C(=O)[C@@H](NC(=O)CCCCCN4C(=O)C=CC4=O)C(C)C)[C@@H](CCCNC(N)=O)C(N)=O)cc1)(C3)C2. The number of aromatic carboxylic acids is 1. The monoisotopic (exact) mass is 1450 g/mol. The Morgan fingerprint density at radius 2 is 1.58 bits per heavy atom. The number of unbranched alkanes of at least 4 members (excludes halogenated alkanes) is 2. The van der Waals surface area contributed by atoms with Crippen molar-refractivity contribution in [2.75, 3.05) is 60.2 Å². The van der Waals surface area contributed by atoms with Crippen LogP contribution in [0, 0.1) is 29.1 Å². The van der Waals surface area contributed by atoms with Crippen LogP contribution in [-0.2, 0) is 69.7 Å². The fourth-order valence-corrected chi connectivity index (χ4v) is 18.1. The van der Waals surface area contributed by atoms with Crippen molar-refractivity contribution in [2.45, 2.75) is 155 Å². The molecule has 4 aromatic heterocycles. The summed E-state index contributed by atoms with van der Waals surface area (Å²) in [5.41, 5.74) is 15.2. The number of carbonyl (C=O) groups excluding carboxylic acids is 8. The van der Waals surface area contributed by atoms with E-state index < -0.39 is 93.6 Å². The van der Waals surface area contributed by atoms with Crippen molar-refractivity contribution < 1.29 is 70.7 Å². The molecule has 548 valence electrons. The first-order chi connectivity index (χ1) is 48.9. The van der Waals surface area contributed by atoms with Crippen LogP contribution in [0.4, 0.5) is 26.2 Å². The maximum absolute atomic E-state index is 14.8. The van der Waals surface area contributed by atoms with E-state index in [4.69, 9.17) is 31.0 Å². The molecule has 31 heteroatoms. The van der Waals surface area contributed by atoms with E-state index in [1.165, 1.54) is 45.4 Å². The number of hydrogen-bond donors (Lipinski definition) is 7. The first-order valence-electron chi connectivity index (χ1n) is 34.6. The number of ether oxygens (including phenoxy) is 2. The van der Waals surface area contributed by atoms with E-state index in [0.717, 1.165) is 58.5 Å². The Balaban J connectivity index is 0.740. The highest BCUT2D eigenvalue weighted by Crippen LogP contribution is 2.72. The number of carbonyl (C=O) groups is 9. The second-order valence-corrected chi connectivity index (χ2v) is 31.7. The third kappa shape index (κ3) is 17.5. The molecular formula is C72H88N14O15S2. The molecule has 6 aromatic rings. The fourth-order valence-electron chi connectivity index (χ4n) is 16.9. The lowest BCUT2D eigenvalue weighted by molar-refractivity contribution is -0.248. The van der Waals surface area contributed by atoms with E-state index in [9.17, 15) is 61.2 Å². The number of amides is 9. The number of thiazole rings is 1. The van der Waals surface area contributed by atoms with Crippen LogP contribution in [0.3, 0.4) is 0 Å². The van der Waals surface area contributed by atoms with Crippen molar-refractivity contribution in [3.63, 3.8) is 0 Å². The molecule has 4 fully saturated rings. The van der Waals surface area contributed by atoms with E-state index in [1.807, 2.05) is 46.8 Å². The predicted molar refractivity (Wildman–Crippen MR) is 382 cm³/mol. The van der Waals surface area contributed by atoms with Gasteiger partial charge in [-0.1, -0.05) is 69.7 Å². The van der Waals surface area contributed by atoms with Crippen LogP contribution in [0.15, 0.2) is 91.3 Å². The Kier molecular flexibility index (Phi) is 22.2. The summed E-state index contributed by atoms with van der Waals surface area (Å²) in [7, 11) is -4.55. The smallest absolute Gasteiger partial charge is 0.410 e. The summed E-state index contributed by atoms with van der Waals surface area (Å²) in [6.07, 6.45) is 11.9. The zero-order valence-electron chi connectivity index (χ0n) is 58.4. The molecule has 9 amide bonds. The van der Waals surface area contributed by atoms with Gasteiger partial charge in [0, 0.05) is 98.7 Å². The number of anilines is 3. The van der Waals surface area contributed by atoms with Crippen molar-refractivity contribution in [1.82, 2.24) is 45.2 Å². The molecule has 12 rings (SSSR count). The molecule has 0 saturated heterocycles. The second-order valence-electron chi connectivity index (χ2n) is 29.1. The molecule has 6 aliphatic rings. The van der Waals surface area contributed by atoms with Crippen LogP contribution in [0.2, 0.25) is 0 Å². The van der Waals surface area contributed by atoms with Crippen molar-refractivity contribution >= 4 is 102 Å². The fraction of sp³-hybridized carbons (Fsp3) is 0.486. The number of benzene rings is 2. The van der Waals surface area contributed by atoms with Gasteiger partial charge in [-0.2, -0.15) is 18.5 Å². The lowest BCUT2D eigenvalue weighted by Crippen LogP contribution is -2.64. The summed E-state index contributed by atoms with van der Waals surface area (Å²) in [4.78, 5) is 137. The van der Waals surface area contributed by atoms with Crippen LogP contribution in [0.1, 0.15) is 148 Å². The topological polar surface area (TPSA) is 404 Å². The molecule has 0 radical (unpaired) electrons. The number of nitrogens with one attached hydrogen (secondary N) is 3. The van der Waals surface area contributed by atoms with E-state index >= 15 is 0 Å². The number of carboxylic acids is 1. The summed E-state index contributed by atoms with van der Waals surface area (Å²) < 4.78 is 49.9. The number of carboxylic acid groups (broad SMARTS) is 1. The molecule has 9 N–H and O–H groups in total. The Bertz CT molecular complexity index is 4360. The largest absolute Gasteiger partial charge is 0.476 e. The van der Waals surface area contributed by atoms with Crippen molar-refractivity contribution in [1.29, 1.82) is 0 Å². The molecule has 2 aliphatic heterocycles. The van der Waals surface area contributed by atoms with Crippen LogP contribution in [-0.4, -0.2) is 169 Å². The molecule has 6 heterocycles. The van der Waals surface area contributed by atoms with Gasteiger partial charge in [0.25, 0.3) is 33.7 Å². The highest BCUT2D eigenvalue weighted by Gasteiger charge is 2.66. The van der Waals surface area contributed by atoms with E-state index in [0.29, 0.717) is 90.6 Å². The molecule has 4 saturated carbocycles. The highest BCUT2D eigenvalue weighted by molar-refractivity contribution is 7.85. The molecule has 2 unspecified atom stereocenters. The van der Waals surface area contributed by atoms with Gasteiger partial charge in [0.05, 0.1) is 28.9 Å². The first kappa shape index (κ1) is 74.5. The molecule has 4 bridgehead atoms. The standard InChI is InChI=1S/C72H88N14O15S2/c1-44(2)59(79-56(87)16-7-6-8-28-84-57(88)23-24-58(84)89)64(92)86(53(61(73)90)14-10-27-76-66(74)95)48-19-17-46(18-20-48)36-100-68(96)82(31-33-103(97,98)99)30-32-101-72-40-69(4)37-70(5,41-72)39-71(38-69,42-72)43-85-45(3)51(34-77-85)49-21-22-55(78-60(49)65(93)94)83-29-25-47-12-9-13-50(52(47)35-83)63(91)81-67-80-62-54(102-67)15-11-26-75-62/h9,11-13,15,17-24,26,34,44,53,59H,6-8,10,14,16,25,27-33,35-43H2,1-5H3,(H2,73,90)(H,79,87)(H,93,94)(H3,74,76,95)(H,97,98,99)(H,75,80,81,91)/t53-,59-,69?,70?,71?,72?/m0/s1. The van der Waals surface area contributed by atoms with Gasteiger partial charge in [-0.25, -0.2) is 24.4 Å². The minimum atomic E-state index is -4.55. The Morgan fingerprint density at radius 3 is 2.26 bits per heavy atom. The van der Waals surface area contributed by atoms with Crippen LogP contribution >= 0.6 is 11.3 Å². The Hall–Kier alpha value is -9.72. The summed E-state index contributed by atoms with van der Waals surface area (Å²) >= 11 is 1.33. The number of primary amides is 2. The van der Waals surface area contributed by atoms with Crippen LogP contribution in [0.25, 0.3) is 21.5 Å². The molecule has 4 aliphatic carbocycles. The van der Waals surface area contributed by atoms with E-state index in [2.05, 4.69) is 39.8 Å². The minimum absolute atomic E-state index is 0.00238. The van der Waals surface area contributed by atoms with Crippen molar-refractivity contribution in [3.8, 4) is 11.1 Å². The first-order valence-corrected chi connectivity index (χ1v) is 37.1. The normalized spacial score (nSPS) is 21.0. The van der Waals surface area contributed by atoms with Crippen molar-refractivity contribution in [2.24, 2.45) is 33.6 Å². The summed E-state index contributed by atoms with van der Waals surface area (Å²) in [5.74, 6) is -5.11. The van der Waals surface area contributed by atoms with Gasteiger partial charge in [-0.3, -0.25) is 53.1 Å². The third-order valence-electron chi connectivity index (χ3n) is 20.3. The van der Waals surface area contributed by atoms with E-state index in [1.54, 1.807) is 50.5 Å². The lowest BCUT2D eigenvalue weighted by atomic mass is 9.39. The second kappa shape index (κ2) is 30.7. The average Bonchev–Trinajstić information content (AvgIpc) is 1.34. The van der Waals surface area contributed by atoms with Gasteiger partial charge in [-0.05, 0) is 159 Å². The zero-order chi connectivity index (χ0) is 73.8. The third-order valence-corrected chi connectivity index (χ3v) is 22.0. The zero-order valence-corrected chi connectivity index (χ0v) is 60.0. The van der Waals surface area contributed by atoms with Gasteiger partial charge in [0.2, 0.25) is 11.8 Å². The number of urea groups is 1. The van der Waals surface area contributed by atoms with Crippen LogP contribution < -0.4 is 37.2 Å². The number of nitrogens with zero attached hydrogens (tertiary/aromatic N) is 9. The number of pyridine rings is 2. The van der Waals surface area contributed by atoms with Gasteiger partial charge in [0.15, 0.2) is 16.5 Å². The van der Waals surface area contributed by atoms with Gasteiger partial charge in [-0.15, -0.1) is 0 Å². The maximum Gasteiger partial charge on any atom is 0.410 e. The van der Waals surface area contributed by atoms with Crippen LogP contribution in [0.5, 0.6) is 0 Å². The molecule has 2 aromatic carbocycles. The number of nitrogens with two attached hydrogens (primary N) is 2. The van der Waals surface area contributed by atoms with Crippen molar-refractivity contribution in [3.05, 3.63) is 125 Å². The maximum atomic E-state index is 14.8. The molecule has 4 atom stereocenters. The molecule has 29 nitrogen and oxygen atoms in total. The highest BCUT2D eigenvalue weighted by atomic mass is 32.2. The summed E-state index contributed by atoms with van der Waals surface area (Å²) in [6, 6.07) is 15.9. The summed E-state index contributed by atoms with van der Waals surface area (Å²) in [6.45, 7) is 10.7. The predicted octanol–water partition coefficient (Wildman–Crippen LogP) is 7.70. The number of aromatic nitrogens is 5. The quantitative estimate of drug-likeness (QED) is 0.0121. The lowest BCUT2D eigenvalue weighted by Gasteiger charge is -2.69. The van der Waals surface area contributed by atoms with Gasteiger partial charge < -0.3 is 46.5 Å². The van der Waals surface area contributed by atoms with E-state index in [-0.39, 0.29) is 85.6 Å². The number of rotatable bonds is 32. The number of imide groups is 1. The molecule has 0 spiro atoms. The number of fused-ring (bicyclic) bond motifs is 2. The van der Waals surface area contributed by atoms with Gasteiger partial charge >= 0.3 is 18.1 Å². The Labute approximate surface area is 600 Å². The summed E-state index contributed by atoms with van der Waals surface area (Å²) in [5, 5.41) is 24.3. The minimum Gasteiger partial charge on any atom is -0.476 e.